The van der Waals surface area contributed by atoms with Crippen molar-refractivity contribution >= 4 is 0 Å². The van der Waals surface area contributed by atoms with E-state index in [2.05, 4.69) is 37.7 Å². The van der Waals surface area contributed by atoms with Crippen molar-refractivity contribution in [2.45, 2.75) is 91.1 Å². The maximum absolute atomic E-state index is 5.05. The van der Waals surface area contributed by atoms with Gasteiger partial charge in [0.15, 0.2) is 0 Å². The molecule has 1 unspecified atom stereocenters. The molecule has 0 spiro atoms. The van der Waals surface area contributed by atoms with Crippen LogP contribution >= 0.6 is 0 Å². The van der Waals surface area contributed by atoms with Gasteiger partial charge in [-0.15, -0.1) is 0 Å². The van der Waals surface area contributed by atoms with Crippen molar-refractivity contribution in [3.63, 3.8) is 0 Å². The Morgan fingerprint density at radius 3 is 2.33 bits per heavy atom. The molecule has 1 atom stereocenters. The molecule has 0 bridgehead atoms. The molecule has 1 aliphatic carbocycles. The third-order valence-corrected chi connectivity index (χ3v) is 4.92. The van der Waals surface area contributed by atoms with Crippen LogP contribution in [0.25, 0.3) is 0 Å². The summed E-state index contributed by atoms with van der Waals surface area (Å²) in [7, 11) is 0. The zero-order valence-corrected chi connectivity index (χ0v) is 14.4. The summed E-state index contributed by atoms with van der Waals surface area (Å²) in [6, 6.07) is 1.11. The van der Waals surface area contributed by atoms with Gasteiger partial charge in [0.25, 0.3) is 0 Å². The predicted molar refractivity (Wildman–Crippen MR) is 89.8 cm³/mol. The second-order valence-corrected chi connectivity index (χ2v) is 6.27. The molecule has 1 aromatic rings. The monoisotopic (exact) mass is 291 g/mol. The van der Waals surface area contributed by atoms with Gasteiger partial charge >= 0.3 is 0 Å². The highest BCUT2D eigenvalue weighted by Gasteiger charge is 2.26. The van der Waals surface area contributed by atoms with E-state index in [0.29, 0.717) is 12.1 Å². The molecule has 1 aliphatic rings. The van der Waals surface area contributed by atoms with Crippen LogP contribution in [0.1, 0.15) is 95.3 Å². The zero-order chi connectivity index (χ0) is 15.2. The number of nitrogens with zero attached hydrogens (tertiary/aromatic N) is 2. The molecular weight excluding hydrogens is 258 g/mol. The number of nitrogens with one attached hydrogen (secondary N) is 1. The molecular formula is C18H33N3. The number of aryl methyl sites for hydroxylation is 1. The molecule has 1 aromatic heterocycles. The number of rotatable bonds is 7. The van der Waals surface area contributed by atoms with Crippen LogP contribution in [0.2, 0.25) is 0 Å². The van der Waals surface area contributed by atoms with E-state index in [-0.39, 0.29) is 0 Å². The van der Waals surface area contributed by atoms with Crippen LogP contribution in [0, 0.1) is 0 Å². The van der Waals surface area contributed by atoms with Gasteiger partial charge < -0.3 is 5.32 Å². The summed E-state index contributed by atoms with van der Waals surface area (Å²) in [4.78, 5) is 0. The molecule has 1 N–H and O–H groups in total. The quantitative estimate of drug-likeness (QED) is 0.797. The maximum atomic E-state index is 5.05. The Morgan fingerprint density at radius 1 is 1.10 bits per heavy atom. The second kappa shape index (κ2) is 7.98. The van der Waals surface area contributed by atoms with Crippen molar-refractivity contribution in [1.29, 1.82) is 0 Å². The van der Waals surface area contributed by atoms with Crippen LogP contribution in [0.5, 0.6) is 0 Å². The first-order valence-electron chi connectivity index (χ1n) is 9.10. The van der Waals surface area contributed by atoms with Gasteiger partial charge in [0.1, 0.15) is 0 Å². The third kappa shape index (κ3) is 3.50. The van der Waals surface area contributed by atoms with Crippen molar-refractivity contribution in [3.8, 4) is 0 Å². The summed E-state index contributed by atoms with van der Waals surface area (Å²) in [5.74, 6) is 0. The highest BCUT2D eigenvalue weighted by atomic mass is 15.3. The number of hydrogen-bond donors (Lipinski definition) is 1. The van der Waals surface area contributed by atoms with E-state index in [4.69, 9.17) is 5.10 Å². The highest BCUT2D eigenvalue weighted by molar-refractivity contribution is 5.31. The molecule has 3 heteroatoms. The molecule has 0 amide bonds. The standard InChI is InChI=1S/C18H33N3/c1-5-15(19-8-4)18-16(6-2)20-21(17(18)7-3)14-12-10-9-11-13-14/h14-15,19H,5-13H2,1-4H3. The lowest BCUT2D eigenvalue weighted by atomic mass is 9.94. The van der Waals surface area contributed by atoms with Crippen molar-refractivity contribution in [2.24, 2.45) is 0 Å². The Balaban J connectivity index is 2.39. The van der Waals surface area contributed by atoms with Gasteiger partial charge in [-0.2, -0.15) is 5.10 Å². The van der Waals surface area contributed by atoms with Gasteiger partial charge in [-0.3, -0.25) is 4.68 Å². The van der Waals surface area contributed by atoms with Crippen LogP contribution in [0.15, 0.2) is 0 Å². The molecule has 0 aromatic carbocycles. The van der Waals surface area contributed by atoms with Crippen LogP contribution in [0.4, 0.5) is 0 Å². The first-order valence-corrected chi connectivity index (χ1v) is 9.10. The average molecular weight is 291 g/mol. The zero-order valence-electron chi connectivity index (χ0n) is 14.4. The minimum atomic E-state index is 0.470. The molecule has 1 fully saturated rings. The molecule has 1 heterocycles. The summed E-state index contributed by atoms with van der Waals surface area (Å²) in [5.41, 5.74) is 4.33. The first kappa shape index (κ1) is 16.5. The summed E-state index contributed by atoms with van der Waals surface area (Å²) in [6.07, 6.45) is 10.1. The van der Waals surface area contributed by atoms with Gasteiger partial charge in [-0.1, -0.05) is 47.0 Å². The van der Waals surface area contributed by atoms with E-state index in [1.165, 1.54) is 49.1 Å². The van der Waals surface area contributed by atoms with Crippen LogP contribution in [0.3, 0.4) is 0 Å². The van der Waals surface area contributed by atoms with E-state index in [9.17, 15) is 0 Å². The Hall–Kier alpha value is -0.830. The number of aromatic nitrogens is 2. The average Bonchev–Trinajstić information content (AvgIpc) is 2.91. The first-order chi connectivity index (χ1) is 10.3. The Morgan fingerprint density at radius 2 is 1.81 bits per heavy atom. The fourth-order valence-electron chi connectivity index (χ4n) is 3.87. The molecule has 1 saturated carbocycles. The van der Waals surface area contributed by atoms with E-state index < -0.39 is 0 Å². The normalized spacial score (nSPS) is 18.1. The predicted octanol–water partition coefficient (Wildman–Crippen LogP) is 4.57. The summed E-state index contributed by atoms with van der Waals surface area (Å²) in [6.45, 7) is 10.0. The van der Waals surface area contributed by atoms with Crippen LogP contribution in [-0.2, 0) is 12.8 Å². The van der Waals surface area contributed by atoms with Crippen molar-refractivity contribution in [1.82, 2.24) is 15.1 Å². The van der Waals surface area contributed by atoms with Gasteiger partial charge in [0, 0.05) is 17.3 Å². The summed E-state index contributed by atoms with van der Waals surface area (Å²) < 4.78 is 2.41. The highest BCUT2D eigenvalue weighted by Crippen LogP contribution is 2.33. The van der Waals surface area contributed by atoms with Crippen molar-refractivity contribution < 1.29 is 0 Å². The van der Waals surface area contributed by atoms with E-state index >= 15 is 0 Å². The fourth-order valence-corrected chi connectivity index (χ4v) is 3.87. The van der Waals surface area contributed by atoms with Crippen LogP contribution in [-0.4, -0.2) is 16.3 Å². The van der Waals surface area contributed by atoms with Gasteiger partial charge in [0.05, 0.1) is 11.7 Å². The molecule has 2 rings (SSSR count). The SMILES string of the molecule is CCNC(CC)c1c(CC)nn(C2CCCCC2)c1CC. The molecule has 0 aliphatic heterocycles. The Labute approximate surface area is 130 Å². The van der Waals surface area contributed by atoms with Gasteiger partial charge in [-0.05, 0) is 38.6 Å². The van der Waals surface area contributed by atoms with Crippen LogP contribution < -0.4 is 5.32 Å². The van der Waals surface area contributed by atoms with Gasteiger partial charge in [-0.25, -0.2) is 0 Å². The van der Waals surface area contributed by atoms with Crippen molar-refractivity contribution in [2.75, 3.05) is 6.54 Å². The van der Waals surface area contributed by atoms with Crippen molar-refractivity contribution in [3.05, 3.63) is 17.0 Å². The Bertz CT molecular complexity index is 430. The minimum absolute atomic E-state index is 0.470. The second-order valence-electron chi connectivity index (χ2n) is 6.27. The molecule has 0 saturated heterocycles. The molecule has 0 radical (unpaired) electrons. The lowest BCUT2D eigenvalue weighted by Gasteiger charge is -2.25. The van der Waals surface area contributed by atoms with E-state index in [1.54, 1.807) is 0 Å². The van der Waals surface area contributed by atoms with E-state index in [0.717, 1.165) is 25.8 Å². The summed E-state index contributed by atoms with van der Waals surface area (Å²) in [5, 5.41) is 8.71. The summed E-state index contributed by atoms with van der Waals surface area (Å²) >= 11 is 0. The Kier molecular flexibility index (Phi) is 6.28. The minimum Gasteiger partial charge on any atom is -0.310 e. The molecule has 21 heavy (non-hydrogen) atoms. The van der Waals surface area contributed by atoms with E-state index in [1.807, 2.05) is 0 Å². The lowest BCUT2D eigenvalue weighted by Crippen LogP contribution is -2.23. The third-order valence-electron chi connectivity index (χ3n) is 4.92. The molecule has 3 nitrogen and oxygen atoms in total. The maximum Gasteiger partial charge on any atom is 0.0672 e. The fraction of sp³-hybridized carbons (Fsp3) is 0.833. The smallest absolute Gasteiger partial charge is 0.0672 e. The largest absolute Gasteiger partial charge is 0.310 e. The molecule has 120 valence electrons. The van der Waals surface area contributed by atoms with Gasteiger partial charge in [0.2, 0.25) is 0 Å². The number of hydrogen-bond acceptors (Lipinski definition) is 2. The topological polar surface area (TPSA) is 29.9 Å². The lowest BCUT2D eigenvalue weighted by molar-refractivity contribution is 0.321.